The second kappa shape index (κ2) is 8.48. The molecule has 144 valence electrons. The summed E-state index contributed by atoms with van der Waals surface area (Å²) in [5.41, 5.74) is -0.977. The van der Waals surface area contributed by atoms with Crippen molar-refractivity contribution in [3.63, 3.8) is 0 Å². The van der Waals surface area contributed by atoms with Gasteiger partial charge in [-0.3, -0.25) is 24.2 Å². The lowest BCUT2D eigenvalue weighted by atomic mass is 9.76. The Hall–Kier alpha value is -3.16. The molecule has 0 bridgehead atoms. The van der Waals surface area contributed by atoms with Gasteiger partial charge in [-0.2, -0.15) is 0 Å². The molecular weight excluding hydrogens is 352 g/mol. The summed E-state index contributed by atoms with van der Waals surface area (Å²) < 4.78 is 4.63. The molecule has 27 heavy (non-hydrogen) atoms. The first-order chi connectivity index (χ1) is 12.8. The molecule has 1 aliphatic heterocycles. The highest BCUT2D eigenvalue weighted by molar-refractivity contribution is 6.07. The maximum atomic E-state index is 13.2. The average Bonchev–Trinajstić information content (AvgIpc) is 2.68. The highest BCUT2D eigenvalue weighted by Crippen LogP contribution is 2.36. The van der Waals surface area contributed by atoms with Gasteiger partial charge in [0.25, 0.3) is 5.91 Å². The van der Waals surface area contributed by atoms with Crippen molar-refractivity contribution in [1.29, 1.82) is 0 Å². The molecule has 1 aliphatic rings. The molecule has 8 nitrogen and oxygen atoms in total. The Bertz CT molecular complexity index is 748. The van der Waals surface area contributed by atoms with Crippen molar-refractivity contribution in [2.45, 2.75) is 19.3 Å². The van der Waals surface area contributed by atoms with Crippen LogP contribution < -0.4 is 0 Å². The fourth-order valence-electron chi connectivity index (χ4n) is 3.18. The zero-order chi connectivity index (χ0) is 20.0. The molecule has 0 spiro atoms. The summed E-state index contributed by atoms with van der Waals surface area (Å²) in [7, 11) is 1.24. The van der Waals surface area contributed by atoms with Crippen LogP contribution in [-0.2, 0) is 14.3 Å². The third kappa shape index (κ3) is 4.33. The van der Waals surface area contributed by atoms with Gasteiger partial charge >= 0.3 is 12.1 Å². The summed E-state index contributed by atoms with van der Waals surface area (Å²) in [4.78, 5) is 51.2. The minimum absolute atomic E-state index is 0.0485. The summed E-state index contributed by atoms with van der Waals surface area (Å²) in [6.45, 7) is 3.16. The molecule has 0 saturated carbocycles. The SMILES string of the molecule is C=CC[C@]1(CCC(=O)OC)CN(C(=O)O)CN(C(=O)c2ccccc2)C1=O. The predicted molar refractivity (Wildman–Crippen MR) is 95.7 cm³/mol. The zero-order valence-electron chi connectivity index (χ0n) is 15.1. The number of carboxylic acid groups (broad SMARTS) is 1. The van der Waals surface area contributed by atoms with Crippen molar-refractivity contribution in [2.24, 2.45) is 5.41 Å². The second-order valence-electron chi connectivity index (χ2n) is 6.38. The van der Waals surface area contributed by atoms with Crippen LogP contribution in [0.15, 0.2) is 43.0 Å². The quantitative estimate of drug-likeness (QED) is 0.465. The minimum Gasteiger partial charge on any atom is -0.469 e. The Kier molecular flexibility index (Phi) is 6.33. The number of allylic oxidation sites excluding steroid dienone is 1. The monoisotopic (exact) mass is 374 g/mol. The number of carbonyl (C=O) groups excluding carboxylic acids is 3. The van der Waals surface area contributed by atoms with E-state index < -0.39 is 29.3 Å². The molecule has 3 amide bonds. The number of methoxy groups -OCH3 is 1. The maximum absolute atomic E-state index is 13.2. The van der Waals surface area contributed by atoms with E-state index in [9.17, 15) is 24.3 Å². The van der Waals surface area contributed by atoms with Crippen molar-refractivity contribution in [3.8, 4) is 0 Å². The van der Waals surface area contributed by atoms with Gasteiger partial charge in [0.1, 0.15) is 6.67 Å². The summed E-state index contributed by atoms with van der Waals surface area (Å²) >= 11 is 0. The van der Waals surface area contributed by atoms with E-state index in [0.29, 0.717) is 0 Å². The van der Waals surface area contributed by atoms with Crippen LogP contribution in [0.1, 0.15) is 29.6 Å². The largest absolute Gasteiger partial charge is 0.469 e. The normalized spacial score (nSPS) is 19.5. The number of hydrogen-bond acceptors (Lipinski definition) is 5. The van der Waals surface area contributed by atoms with Crippen molar-refractivity contribution in [1.82, 2.24) is 9.80 Å². The number of amides is 3. The van der Waals surface area contributed by atoms with Crippen LogP contribution in [0, 0.1) is 5.41 Å². The molecule has 0 aromatic heterocycles. The lowest BCUT2D eigenvalue weighted by Crippen LogP contribution is -2.61. The van der Waals surface area contributed by atoms with Gasteiger partial charge < -0.3 is 9.84 Å². The summed E-state index contributed by atoms with van der Waals surface area (Å²) in [6.07, 6.45) is 0.348. The van der Waals surface area contributed by atoms with Gasteiger partial charge in [0, 0.05) is 18.5 Å². The van der Waals surface area contributed by atoms with Gasteiger partial charge in [-0.25, -0.2) is 4.79 Å². The van der Waals surface area contributed by atoms with E-state index in [4.69, 9.17) is 0 Å². The number of benzene rings is 1. The van der Waals surface area contributed by atoms with Crippen molar-refractivity contribution >= 4 is 23.9 Å². The molecule has 1 heterocycles. The molecule has 0 aliphatic carbocycles. The Labute approximate surface area is 157 Å². The molecule has 1 N–H and O–H groups in total. The van der Waals surface area contributed by atoms with Crippen LogP contribution >= 0.6 is 0 Å². The van der Waals surface area contributed by atoms with Crippen molar-refractivity contribution in [2.75, 3.05) is 20.3 Å². The van der Waals surface area contributed by atoms with Gasteiger partial charge in [-0.05, 0) is 25.0 Å². The van der Waals surface area contributed by atoms with Gasteiger partial charge in [0.15, 0.2) is 0 Å². The lowest BCUT2D eigenvalue weighted by molar-refractivity contribution is -0.150. The molecule has 1 saturated heterocycles. The van der Waals surface area contributed by atoms with E-state index in [0.717, 1.165) is 9.80 Å². The smallest absolute Gasteiger partial charge is 0.408 e. The number of carbonyl (C=O) groups is 4. The molecule has 1 aromatic carbocycles. The van der Waals surface area contributed by atoms with Gasteiger partial charge in [0.2, 0.25) is 5.91 Å². The van der Waals surface area contributed by atoms with E-state index in [1.807, 2.05) is 0 Å². The highest BCUT2D eigenvalue weighted by Gasteiger charge is 2.49. The third-order valence-corrected chi connectivity index (χ3v) is 4.61. The summed E-state index contributed by atoms with van der Waals surface area (Å²) in [5, 5.41) is 9.48. The maximum Gasteiger partial charge on any atom is 0.408 e. The number of ether oxygens (including phenoxy) is 1. The van der Waals surface area contributed by atoms with E-state index in [1.165, 1.54) is 13.2 Å². The van der Waals surface area contributed by atoms with E-state index in [-0.39, 0.29) is 38.0 Å². The molecule has 2 rings (SSSR count). The average molecular weight is 374 g/mol. The first kappa shape index (κ1) is 20.2. The number of rotatable bonds is 6. The Balaban J connectivity index is 2.40. The van der Waals surface area contributed by atoms with Crippen LogP contribution in [0.5, 0.6) is 0 Å². The minimum atomic E-state index is -1.25. The van der Waals surface area contributed by atoms with Crippen LogP contribution in [0.2, 0.25) is 0 Å². The van der Waals surface area contributed by atoms with E-state index >= 15 is 0 Å². The topological polar surface area (TPSA) is 104 Å². The lowest BCUT2D eigenvalue weighted by Gasteiger charge is -2.44. The molecule has 1 aromatic rings. The number of imide groups is 1. The van der Waals surface area contributed by atoms with Crippen molar-refractivity contribution < 1.29 is 29.0 Å². The number of esters is 1. The van der Waals surface area contributed by atoms with E-state index in [1.54, 1.807) is 30.3 Å². The highest BCUT2D eigenvalue weighted by atomic mass is 16.5. The number of nitrogens with zero attached hydrogens (tertiary/aromatic N) is 2. The standard InChI is InChI=1S/C19H22N2O6/c1-3-10-19(11-9-15(22)27-2)12-20(18(25)26)13-21(17(19)24)16(23)14-7-5-4-6-8-14/h3-8H,1,9-13H2,2H3,(H,25,26)/t19-/m0/s1. The third-order valence-electron chi connectivity index (χ3n) is 4.61. The zero-order valence-corrected chi connectivity index (χ0v) is 15.1. The molecule has 0 radical (unpaired) electrons. The predicted octanol–water partition coefficient (Wildman–Crippen LogP) is 2.12. The van der Waals surface area contributed by atoms with Crippen LogP contribution in [0.25, 0.3) is 0 Å². The fourth-order valence-corrected chi connectivity index (χ4v) is 3.18. The number of hydrogen-bond donors (Lipinski definition) is 1. The van der Waals surface area contributed by atoms with Crippen LogP contribution in [0.4, 0.5) is 4.79 Å². The first-order valence-corrected chi connectivity index (χ1v) is 8.41. The fraction of sp³-hybridized carbons (Fsp3) is 0.368. The molecule has 0 unspecified atom stereocenters. The van der Waals surface area contributed by atoms with Gasteiger partial charge in [-0.1, -0.05) is 24.3 Å². The Morgan fingerprint density at radius 3 is 2.52 bits per heavy atom. The summed E-state index contributed by atoms with van der Waals surface area (Å²) in [6, 6.07) is 8.16. The van der Waals surface area contributed by atoms with Crippen LogP contribution in [0.3, 0.4) is 0 Å². The Morgan fingerprint density at radius 2 is 1.96 bits per heavy atom. The van der Waals surface area contributed by atoms with Crippen LogP contribution in [-0.4, -0.2) is 59.1 Å². The van der Waals surface area contributed by atoms with E-state index in [2.05, 4.69) is 11.3 Å². The molecule has 1 atom stereocenters. The molecular formula is C19H22N2O6. The summed E-state index contributed by atoms with van der Waals surface area (Å²) in [5.74, 6) is -1.62. The van der Waals surface area contributed by atoms with Gasteiger partial charge in [-0.15, -0.1) is 6.58 Å². The first-order valence-electron chi connectivity index (χ1n) is 8.41. The second-order valence-corrected chi connectivity index (χ2v) is 6.38. The van der Waals surface area contributed by atoms with Crippen molar-refractivity contribution in [3.05, 3.63) is 48.6 Å². The van der Waals surface area contributed by atoms with Gasteiger partial charge in [0.05, 0.1) is 12.5 Å². The molecule has 8 heteroatoms. The Morgan fingerprint density at radius 1 is 1.30 bits per heavy atom. The molecule has 1 fully saturated rings.